The first-order valence-electron chi connectivity index (χ1n) is 10.2. The zero-order valence-electron chi connectivity index (χ0n) is 17.2. The molecule has 1 fully saturated rings. The molecule has 1 saturated heterocycles. The van der Waals surface area contributed by atoms with Gasteiger partial charge in [-0.2, -0.15) is 0 Å². The Hall–Kier alpha value is -2.68. The van der Waals surface area contributed by atoms with E-state index in [1.54, 1.807) is 24.3 Å². The highest BCUT2D eigenvalue weighted by Crippen LogP contribution is 2.29. The van der Waals surface area contributed by atoms with Crippen LogP contribution in [0.2, 0.25) is 5.02 Å². The molecule has 0 unspecified atom stereocenters. The summed E-state index contributed by atoms with van der Waals surface area (Å²) in [6.07, 6.45) is 2.46. The Morgan fingerprint density at radius 1 is 1.16 bits per heavy atom. The summed E-state index contributed by atoms with van der Waals surface area (Å²) in [5.41, 5.74) is 2.72. The summed E-state index contributed by atoms with van der Waals surface area (Å²) < 4.78 is 0.816. The minimum atomic E-state index is -0.273. The lowest BCUT2D eigenvalue weighted by Crippen LogP contribution is -2.35. The van der Waals surface area contributed by atoms with Crippen molar-refractivity contribution in [3.05, 3.63) is 52.5 Å². The number of fused-ring (bicyclic) bond motifs is 1. The third-order valence-electron chi connectivity index (χ3n) is 5.24. The minimum Gasteiger partial charge on any atom is -0.337 e. The van der Waals surface area contributed by atoms with Crippen LogP contribution in [0.4, 0.5) is 15.6 Å². The van der Waals surface area contributed by atoms with Gasteiger partial charge in [0.25, 0.3) is 5.91 Å². The van der Waals surface area contributed by atoms with Gasteiger partial charge in [0.2, 0.25) is 0 Å². The van der Waals surface area contributed by atoms with Gasteiger partial charge in [-0.15, -0.1) is 0 Å². The van der Waals surface area contributed by atoms with E-state index in [1.807, 2.05) is 19.1 Å². The van der Waals surface area contributed by atoms with Gasteiger partial charge < -0.3 is 15.5 Å². The van der Waals surface area contributed by atoms with Crippen LogP contribution in [0.3, 0.4) is 0 Å². The number of anilines is 2. The summed E-state index contributed by atoms with van der Waals surface area (Å²) in [7, 11) is 0. The fourth-order valence-electron chi connectivity index (χ4n) is 3.57. The maximum Gasteiger partial charge on any atom is 0.321 e. The van der Waals surface area contributed by atoms with Gasteiger partial charge in [0, 0.05) is 18.7 Å². The van der Waals surface area contributed by atoms with Crippen LogP contribution in [-0.2, 0) is 0 Å². The fourth-order valence-corrected chi connectivity index (χ4v) is 4.74. The molecular weight excluding hydrogens is 434 g/mol. The number of likely N-dealkylation sites (tertiary alicyclic amines) is 1. The molecule has 1 aromatic heterocycles. The summed E-state index contributed by atoms with van der Waals surface area (Å²) in [5.74, 6) is -0.249. The Labute approximate surface area is 189 Å². The molecule has 2 heterocycles. The Bertz CT molecular complexity index is 1090. The SMILES string of the molecule is Cc1cccc(Cl)c1NC(=O)c1ccc2nc(NC(=O)NCCN3CCCC3)sc2c1. The third-order valence-corrected chi connectivity index (χ3v) is 6.49. The summed E-state index contributed by atoms with van der Waals surface area (Å²) in [6, 6.07) is 10.5. The largest absolute Gasteiger partial charge is 0.337 e. The summed E-state index contributed by atoms with van der Waals surface area (Å²) >= 11 is 7.54. The zero-order chi connectivity index (χ0) is 21.8. The van der Waals surface area contributed by atoms with Crippen molar-refractivity contribution in [1.29, 1.82) is 0 Å². The summed E-state index contributed by atoms with van der Waals surface area (Å²) in [6.45, 7) is 5.56. The number of amides is 3. The monoisotopic (exact) mass is 457 g/mol. The Kier molecular flexibility index (Phi) is 6.70. The second-order valence-corrected chi connectivity index (χ2v) is 8.95. The van der Waals surface area contributed by atoms with Crippen LogP contribution in [0, 0.1) is 6.92 Å². The normalized spacial score (nSPS) is 14.0. The molecule has 0 radical (unpaired) electrons. The second-order valence-electron chi connectivity index (χ2n) is 7.52. The summed E-state index contributed by atoms with van der Waals surface area (Å²) in [5, 5.41) is 9.51. The number of aryl methyl sites for hydroxylation is 1. The molecule has 3 aromatic rings. The number of rotatable bonds is 6. The first-order valence-corrected chi connectivity index (χ1v) is 11.4. The number of nitrogens with zero attached hydrogens (tertiary/aromatic N) is 2. The highest BCUT2D eigenvalue weighted by molar-refractivity contribution is 7.22. The number of benzene rings is 2. The van der Waals surface area contributed by atoms with Crippen LogP contribution in [0.5, 0.6) is 0 Å². The first kappa shape index (κ1) is 21.5. The van der Waals surface area contributed by atoms with Crippen molar-refractivity contribution < 1.29 is 9.59 Å². The number of carbonyl (C=O) groups is 2. The lowest BCUT2D eigenvalue weighted by atomic mass is 10.1. The number of nitrogens with one attached hydrogen (secondary N) is 3. The van der Waals surface area contributed by atoms with Crippen molar-refractivity contribution in [2.24, 2.45) is 0 Å². The van der Waals surface area contributed by atoms with E-state index in [1.165, 1.54) is 24.2 Å². The van der Waals surface area contributed by atoms with Crippen LogP contribution in [-0.4, -0.2) is 48.0 Å². The van der Waals surface area contributed by atoms with E-state index < -0.39 is 0 Å². The van der Waals surface area contributed by atoms with Crippen LogP contribution in [0.25, 0.3) is 10.2 Å². The maximum atomic E-state index is 12.7. The molecule has 0 bridgehead atoms. The molecule has 7 nitrogen and oxygen atoms in total. The Morgan fingerprint density at radius 3 is 2.74 bits per heavy atom. The van der Waals surface area contributed by atoms with Crippen LogP contribution in [0.15, 0.2) is 36.4 Å². The second kappa shape index (κ2) is 9.64. The predicted octanol–water partition coefficient (Wildman–Crippen LogP) is 4.73. The van der Waals surface area contributed by atoms with E-state index in [0.717, 1.165) is 35.4 Å². The van der Waals surface area contributed by atoms with E-state index >= 15 is 0 Å². The number of hydrogen-bond donors (Lipinski definition) is 3. The van der Waals surface area contributed by atoms with E-state index in [0.29, 0.717) is 27.9 Å². The number of carbonyl (C=O) groups excluding carboxylic acids is 2. The van der Waals surface area contributed by atoms with Gasteiger partial charge in [-0.05, 0) is 62.7 Å². The molecule has 0 atom stereocenters. The lowest BCUT2D eigenvalue weighted by Gasteiger charge is -2.14. The molecule has 0 saturated carbocycles. The number of hydrogen-bond acceptors (Lipinski definition) is 5. The molecule has 0 spiro atoms. The van der Waals surface area contributed by atoms with Crippen molar-refractivity contribution in [1.82, 2.24) is 15.2 Å². The van der Waals surface area contributed by atoms with Crippen molar-refractivity contribution in [3.63, 3.8) is 0 Å². The molecule has 9 heteroatoms. The fraction of sp³-hybridized carbons (Fsp3) is 0.318. The molecule has 0 aliphatic carbocycles. The van der Waals surface area contributed by atoms with Crippen LogP contribution >= 0.6 is 22.9 Å². The number of urea groups is 1. The van der Waals surface area contributed by atoms with Gasteiger partial charge in [-0.1, -0.05) is 35.1 Å². The zero-order valence-corrected chi connectivity index (χ0v) is 18.8. The molecule has 2 aromatic carbocycles. The average molecular weight is 458 g/mol. The van der Waals surface area contributed by atoms with Crippen molar-refractivity contribution in [2.75, 3.05) is 36.8 Å². The average Bonchev–Trinajstić information content (AvgIpc) is 3.39. The molecule has 162 valence electrons. The van der Waals surface area contributed by atoms with E-state index in [9.17, 15) is 9.59 Å². The molecule has 4 rings (SSSR count). The molecule has 31 heavy (non-hydrogen) atoms. The standard InChI is InChI=1S/C22H24ClN5O2S/c1-14-5-4-6-16(23)19(14)26-20(29)15-7-8-17-18(13-15)31-22(25-17)27-21(30)24-9-12-28-10-2-3-11-28/h4-8,13H,2-3,9-12H2,1H3,(H,26,29)(H2,24,25,27,30). The van der Waals surface area contributed by atoms with Gasteiger partial charge in [0.1, 0.15) is 0 Å². The number of para-hydroxylation sites is 1. The molecule has 1 aliphatic heterocycles. The third kappa shape index (κ3) is 5.33. The minimum absolute atomic E-state index is 0.249. The number of thiazole rings is 1. The Morgan fingerprint density at radius 2 is 1.97 bits per heavy atom. The predicted molar refractivity (Wildman–Crippen MR) is 126 cm³/mol. The molecule has 3 amide bonds. The highest BCUT2D eigenvalue weighted by atomic mass is 35.5. The summed E-state index contributed by atoms with van der Waals surface area (Å²) in [4.78, 5) is 31.6. The van der Waals surface area contributed by atoms with Crippen molar-refractivity contribution >= 4 is 55.9 Å². The van der Waals surface area contributed by atoms with E-state index in [-0.39, 0.29) is 11.9 Å². The van der Waals surface area contributed by atoms with E-state index in [4.69, 9.17) is 11.6 Å². The quantitative estimate of drug-likeness (QED) is 0.499. The van der Waals surface area contributed by atoms with Crippen molar-refractivity contribution in [2.45, 2.75) is 19.8 Å². The lowest BCUT2D eigenvalue weighted by molar-refractivity contribution is 0.102. The topological polar surface area (TPSA) is 86.4 Å². The smallest absolute Gasteiger partial charge is 0.321 e. The number of aromatic nitrogens is 1. The maximum absolute atomic E-state index is 12.7. The van der Waals surface area contributed by atoms with Crippen LogP contribution in [0.1, 0.15) is 28.8 Å². The van der Waals surface area contributed by atoms with Gasteiger partial charge in [-0.3, -0.25) is 10.1 Å². The molecule has 1 aliphatic rings. The van der Waals surface area contributed by atoms with Gasteiger partial charge in [-0.25, -0.2) is 9.78 Å². The van der Waals surface area contributed by atoms with Gasteiger partial charge in [0.05, 0.1) is 20.9 Å². The van der Waals surface area contributed by atoms with Gasteiger partial charge >= 0.3 is 6.03 Å². The van der Waals surface area contributed by atoms with Gasteiger partial charge in [0.15, 0.2) is 5.13 Å². The van der Waals surface area contributed by atoms with Crippen LogP contribution < -0.4 is 16.0 Å². The number of halogens is 1. The Balaban J connectivity index is 1.38. The van der Waals surface area contributed by atoms with Crippen molar-refractivity contribution in [3.8, 4) is 0 Å². The van der Waals surface area contributed by atoms with E-state index in [2.05, 4.69) is 25.8 Å². The highest BCUT2D eigenvalue weighted by Gasteiger charge is 2.14. The molecular formula is C22H24ClN5O2S. The molecule has 3 N–H and O–H groups in total. The first-order chi connectivity index (χ1) is 15.0.